The first-order valence-electron chi connectivity index (χ1n) is 11.0. The second-order valence-electron chi connectivity index (χ2n) is 9.85. The van der Waals surface area contributed by atoms with Gasteiger partial charge >= 0.3 is 5.97 Å². The average Bonchev–Trinajstić information content (AvgIpc) is 3.31. The average molecular weight is 425 g/mol. The summed E-state index contributed by atoms with van der Waals surface area (Å²) < 4.78 is 23.3. The highest BCUT2D eigenvalue weighted by atomic mass is 16.6. The van der Waals surface area contributed by atoms with Crippen LogP contribution >= 0.6 is 0 Å². The maximum Gasteiger partial charge on any atom is 0.309 e. The van der Waals surface area contributed by atoms with E-state index >= 15 is 0 Å². The third-order valence-corrected chi connectivity index (χ3v) is 7.24. The fourth-order valence-corrected chi connectivity index (χ4v) is 5.05. The zero-order valence-corrected chi connectivity index (χ0v) is 20.1. The number of ether oxygens (including phenoxy) is 4. The summed E-state index contributed by atoms with van der Waals surface area (Å²) in [7, 11) is 3.20. The second-order valence-corrected chi connectivity index (χ2v) is 9.85. The van der Waals surface area contributed by atoms with Gasteiger partial charge in [0.05, 0.1) is 35.7 Å². The first-order valence-corrected chi connectivity index (χ1v) is 11.0. The highest BCUT2D eigenvalue weighted by Gasteiger charge is 2.55. The molecule has 0 aliphatic carbocycles. The second kappa shape index (κ2) is 9.49. The third kappa shape index (κ3) is 5.14. The van der Waals surface area contributed by atoms with Crippen molar-refractivity contribution in [2.75, 3.05) is 14.2 Å². The van der Waals surface area contributed by atoms with Gasteiger partial charge in [0.15, 0.2) is 0 Å². The number of carbonyl (C=O) groups is 2. The summed E-state index contributed by atoms with van der Waals surface area (Å²) in [6.07, 6.45) is 2.23. The van der Waals surface area contributed by atoms with Crippen LogP contribution in [0.5, 0.6) is 0 Å². The molecular formula is C24H40O6. The Bertz CT molecular complexity index is 669. The maximum atomic E-state index is 13.5. The topological polar surface area (TPSA) is 74.4 Å². The summed E-state index contributed by atoms with van der Waals surface area (Å²) in [5.74, 6) is -0.543. The lowest BCUT2D eigenvalue weighted by molar-refractivity contribution is -0.156. The van der Waals surface area contributed by atoms with Gasteiger partial charge < -0.3 is 18.9 Å². The number of methoxy groups -OCH3 is 2. The monoisotopic (exact) mass is 424 g/mol. The minimum atomic E-state index is -0.860. The molecule has 0 saturated carbocycles. The highest BCUT2D eigenvalue weighted by molar-refractivity contribution is 5.88. The van der Waals surface area contributed by atoms with Crippen molar-refractivity contribution in [1.29, 1.82) is 0 Å². The predicted molar refractivity (Wildman–Crippen MR) is 115 cm³/mol. The van der Waals surface area contributed by atoms with Gasteiger partial charge in [-0.2, -0.15) is 0 Å². The molecule has 2 saturated heterocycles. The minimum Gasteiger partial charge on any atom is -0.458 e. The summed E-state index contributed by atoms with van der Waals surface area (Å²) in [4.78, 5) is 26.3. The third-order valence-electron chi connectivity index (χ3n) is 7.24. The number of hydrogen-bond acceptors (Lipinski definition) is 6. The van der Waals surface area contributed by atoms with E-state index < -0.39 is 11.5 Å². The number of rotatable bonds is 3. The van der Waals surface area contributed by atoms with Crippen LogP contribution < -0.4 is 0 Å². The van der Waals surface area contributed by atoms with Crippen LogP contribution in [-0.4, -0.2) is 56.0 Å². The van der Waals surface area contributed by atoms with Gasteiger partial charge in [0.25, 0.3) is 0 Å². The Hall–Kier alpha value is -1.24. The lowest BCUT2D eigenvalue weighted by atomic mass is 9.72. The standard InChI is InChI=1S/C24H40O6/c1-10-14(2)17-11-19-24(7,30-19)13-15(3)21(28-9)16(4)22(26)23(5,6)18(27-8)12-20(25)29-17/h10,15-19,21H,11-13H2,1-9H3/b14-10+. The van der Waals surface area contributed by atoms with Gasteiger partial charge in [-0.25, -0.2) is 0 Å². The van der Waals surface area contributed by atoms with E-state index in [1.165, 1.54) is 7.11 Å². The Kier molecular flexibility index (Phi) is 7.92. The first-order chi connectivity index (χ1) is 13.9. The van der Waals surface area contributed by atoms with Crippen LogP contribution in [0.25, 0.3) is 0 Å². The number of ketones is 1. The molecule has 6 nitrogen and oxygen atoms in total. The molecule has 0 bridgehead atoms. The quantitative estimate of drug-likeness (QED) is 0.386. The van der Waals surface area contributed by atoms with Gasteiger partial charge in [0.1, 0.15) is 11.9 Å². The van der Waals surface area contributed by atoms with Crippen LogP contribution in [0.4, 0.5) is 0 Å². The van der Waals surface area contributed by atoms with Crippen LogP contribution in [0.15, 0.2) is 11.6 Å². The van der Waals surface area contributed by atoms with Crippen LogP contribution in [0.3, 0.4) is 0 Å². The molecule has 0 aromatic heterocycles. The molecule has 0 N–H and O–H groups in total. The lowest BCUT2D eigenvalue weighted by Crippen LogP contribution is -2.47. The molecule has 172 valence electrons. The zero-order chi connectivity index (χ0) is 22.9. The van der Waals surface area contributed by atoms with Crippen molar-refractivity contribution in [3.63, 3.8) is 0 Å². The molecule has 0 aromatic carbocycles. The fraction of sp³-hybridized carbons (Fsp3) is 0.833. The van der Waals surface area contributed by atoms with E-state index in [1.807, 2.05) is 40.7 Å². The van der Waals surface area contributed by atoms with Gasteiger partial charge in [0.2, 0.25) is 0 Å². The smallest absolute Gasteiger partial charge is 0.309 e. The Morgan fingerprint density at radius 1 is 1.13 bits per heavy atom. The van der Waals surface area contributed by atoms with E-state index in [9.17, 15) is 9.59 Å². The van der Waals surface area contributed by atoms with Crippen molar-refractivity contribution in [3.05, 3.63) is 11.6 Å². The normalized spacial score (nSPS) is 40.9. The molecule has 0 spiro atoms. The highest BCUT2D eigenvalue weighted by Crippen LogP contribution is 2.47. The predicted octanol–water partition coefficient (Wildman–Crippen LogP) is 4.10. The van der Waals surface area contributed by atoms with Crippen molar-refractivity contribution in [3.8, 4) is 0 Å². The van der Waals surface area contributed by atoms with E-state index in [2.05, 4.69) is 13.8 Å². The molecule has 2 rings (SSSR count). The van der Waals surface area contributed by atoms with Crippen molar-refractivity contribution in [2.24, 2.45) is 17.3 Å². The number of esters is 1. The molecule has 2 aliphatic heterocycles. The number of hydrogen-bond donors (Lipinski definition) is 0. The molecule has 7 unspecified atom stereocenters. The van der Waals surface area contributed by atoms with Gasteiger partial charge in [-0.3, -0.25) is 9.59 Å². The number of epoxide rings is 1. The summed E-state index contributed by atoms with van der Waals surface area (Å²) in [6.45, 7) is 13.7. The molecule has 30 heavy (non-hydrogen) atoms. The number of Topliss-reactive ketones (excluding diaryl/α,β-unsaturated/α-hetero) is 1. The Morgan fingerprint density at radius 2 is 1.77 bits per heavy atom. The van der Waals surface area contributed by atoms with E-state index in [4.69, 9.17) is 18.9 Å². The largest absolute Gasteiger partial charge is 0.458 e. The van der Waals surface area contributed by atoms with Gasteiger partial charge in [-0.15, -0.1) is 0 Å². The zero-order valence-electron chi connectivity index (χ0n) is 20.1. The summed E-state index contributed by atoms with van der Waals surface area (Å²) in [5, 5.41) is 0. The van der Waals surface area contributed by atoms with Gasteiger partial charge in [-0.05, 0) is 38.7 Å². The Morgan fingerprint density at radius 3 is 2.30 bits per heavy atom. The molecular weight excluding hydrogens is 384 g/mol. The van der Waals surface area contributed by atoms with E-state index in [1.54, 1.807) is 7.11 Å². The fourth-order valence-electron chi connectivity index (χ4n) is 5.05. The summed E-state index contributed by atoms with van der Waals surface area (Å²) in [5.41, 5.74) is -0.164. The molecule has 6 heteroatoms. The molecule has 2 aliphatic rings. The number of allylic oxidation sites excluding steroid dienone is 1. The Labute approximate surface area is 181 Å². The molecule has 7 atom stereocenters. The van der Waals surface area contributed by atoms with Gasteiger partial charge in [0, 0.05) is 26.6 Å². The van der Waals surface area contributed by atoms with E-state index in [0.717, 1.165) is 12.0 Å². The maximum absolute atomic E-state index is 13.5. The molecule has 2 heterocycles. The molecule has 0 amide bonds. The van der Waals surface area contributed by atoms with E-state index in [-0.39, 0.29) is 53.9 Å². The summed E-state index contributed by atoms with van der Waals surface area (Å²) in [6, 6.07) is 0. The van der Waals surface area contributed by atoms with Crippen LogP contribution in [0, 0.1) is 17.3 Å². The van der Waals surface area contributed by atoms with Crippen LogP contribution in [0.2, 0.25) is 0 Å². The minimum absolute atomic E-state index is 0.00812. The lowest BCUT2D eigenvalue weighted by Gasteiger charge is -2.37. The SMILES string of the molecule is C/C=C(\C)C1CC2OC2(C)CC(C)C(OC)C(C)C(=O)C(C)(C)C(OC)CC(=O)O1. The number of fused-ring (bicyclic) bond motifs is 1. The molecule has 0 aromatic rings. The number of cyclic esters (lactones) is 1. The Balaban J connectivity index is 2.40. The van der Waals surface area contributed by atoms with Crippen molar-refractivity contribution < 1.29 is 28.5 Å². The van der Waals surface area contributed by atoms with Crippen molar-refractivity contribution >= 4 is 11.8 Å². The van der Waals surface area contributed by atoms with Crippen molar-refractivity contribution in [2.45, 2.75) is 97.7 Å². The van der Waals surface area contributed by atoms with Crippen LogP contribution in [0.1, 0.15) is 67.7 Å². The summed E-state index contributed by atoms with van der Waals surface area (Å²) >= 11 is 0. The molecule has 0 radical (unpaired) electrons. The van der Waals surface area contributed by atoms with Crippen LogP contribution in [-0.2, 0) is 28.5 Å². The van der Waals surface area contributed by atoms with Crippen molar-refractivity contribution in [1.82, 2.24) is 0 Å². The van der Waals surface area contributed by atoms with Gasteiger partial charge in [-0.1, -0.05) is 33.8 Å². The molecule has 2 fully saturated rings. The first kappa shape index (κ1) is 25.0. The number of carbonyl (C=O) groups excluding carboxylic acids is 2. The van der Waals surface area contributed by atoms with E-state index in [0.29, 0.717) is 6.42 Å².